The Labute approximate surface area is 157 Å². The Hall–Kier alpha value is -2.94. The zero-order valence-electron chi connectivity index (χ0n) is 14.5. The van der Waals surface area contributed by atoms with E-state index in [1.807, 2.05) is 0 Å². The van der Waals surface area contributed by atoms with Crippen LogP contribution in [-0.4, -0.2) is 36.0 Å². The highest BCUT2D eigenvalue weighted by atomic mass is 19.4. The van der Waals surface area contributed by atoms with E-state index in [9.17, 15) is 27.2 Å². The molecule has 1 N–H and O–H groups in total. The Balaban J connectivity index is 1.81. The molecule has 0 bridgehead atoms. The molecule has 1 fully saturated rings. The van der Waals surface area contributed by atoms with E-state index < -0.39 is 41.1 Å². The molecule has 1 aliphatic rings. The molecule has 0 aliphatic carbocycles. The van der Waals surface area contributed by atoms with Crippen molar-refractivity contribution in [1.29, 1.82) is 0 Å². The van der Waals surface area contributed by atoms with Crippen LogP contribution >= 0.6 is 0 Å². The van der Waals surface area contributed by atoms with Crippen LogP contribution in [0.4, 0.5) is 23.2 Å². The van der Waals surface area contributed by atoms with E-state index in [0.717, 1.165) is 12.1 Å². The van der Waals surface area contributed by atoms with Gasteiger partial charge in [0.2, 0.25) is 11.8 Å². The molecule has 3 rings (SSSR count). The zero-order chi connectivity index (χ0) is 20.3. The summed E-state index contributed by atoms with van der Waals surface area (Å²) in [7, 11) is 0. The van der Waals surface area contributed by atoms with E-state index in [1.165, 1.54) is 41.3 Å². The fourth-order valence-electron chi connectivity index (χ4n) is 2.86. The lowest BCUT2D eigenvalue weighted by molar-refractivity contribution is -0.154. The number of ether oxygens (including phenoxy) is 1. The lowest BCUT2D eigenvalue weighted by Gasteiger charge is -2.34. The first-order valence-corrected chi connectivity index (χ1v) is 8.34. The van der Waals surface area contributed by atoms with Crippen molar-refractivity contribution in [2.24, 2.45) is 0 Å². The largest absolute Gasteiger partial charge is 0.418 e. The van der Waals surface area contributed by atoms with Crippen molar-refractivity contribution in [3.63, 3.8) is 0 Å². The first kappa shape index (κ1) is 19.8. The summed E-state index contributed by atoms with van der Waals surface area (Å²) in [5.74, 6) is -1.73. The van der Waals surface area contributed by atoms with Gasteiger partial charge >= 0.3 is 6.18 Å². The number of halogens is 4. The third-order valence-corrected chi connectivity index (χ3v) is 4.26. The first-order chi connectivity index (χ1) is 13.3. The van der Waals surface area contributed by atoms with Crippen molar-refractivity contribution in [2.75, 3.05) is 18.5 Å². The SMILES string of the molecule is O=C(Nc1ccccc1C(F)(F)F)[C@@H]1COCC(=O)N1Cc1ccc(F)cc1. The first-order valence-electron chi connectivity index (χ1n) is 8.34. The van der Waals surface area contributed by atoms with Gasteiger partial charge in [-0.25, -0.2) is 4.39 Å². The lowest BCUT2D eigenvalue weighted by atomic mass is 10.1. The molecule has 1 atom stereocenters. The number of hydrogen-bond donors (Lipinski definition) is 1. The molecule has 1 heterocycles. The van der Waals surface area contributed by atoms with Crippen LogP contribution in [0.1, 0.15) is 11.1 Å². The quantitative estimate of drug-likeness (QED) is 0.808. The van der Waals surface area contributed by atoms with Crippen LogP contribution in [0.5, 0.6) is 0 Å². The molecule has 1 saturated heterocycles. The van der Waals surface area contributed by atoms with Crippen molar-refractivity contribution >= 4 is 17.5 Å². The minimum Gasteiger partial charge on any atom is -0.369 e. The third-order valence-electron chi connectivity index (χ3n) is 4.26. The molecular formula is C19H16F4N2O3. The lowest BCUT2D eigenvalue weighted by Crippen LogP contribution is -2.54. The van der Waals surface area contributed by atoms with Crippen molar-refractivity contribution in [1.82, 2.24) is 4.90 Å². The Bertz CT molecular complexity index is 868. The molecule has 0 aromatic heterocycles. The fourth-order valence-corrected chi connectivity index (χ4v) is 2.86. The summed E-state index contributed by atoms with van der Waals surface area (Å²) in [6.07, 6.45) is -4.64. The van der Waals surface area contributed by atoms with Crippen molar-refractivity contribution in [3.05, 3.63) is 65.5 Å². The summed E-state index contributed by atoms with van der Waals surface area (Å²) in [5.41, 5.74) is -0.818. The summed E-state index contributed by atoms with van der Waals surface area (Å²) < 4.78 is 57.6. The van der Waals surface area contributed by atoms with Gasteiger partial charge in [0.1, 0.15) is 18.5 Å². The average molecular weight is 396 g/mol. The van der Waals surface area contributed by atoms with Crippen molar-refractivity contribution < 1.29 is 31.9 Å². The van der Waals surface area contributed by atoms with Gasteiger partial charge < -0.3 is 15.0 Å². The average Bonchev–Trinajstić information content (AvgIpc) is 2.64. The number of para-hydroxylation sites is 1. The number of carbonyl (C=O) groups excluding carboxylic acids is 2. The van der Waals surface area contributed by atoms with Gasteiger partial charge in [-0.3, -0.25) is 9.59 Å². The van der Waals surface area contributed by atoms with Gasteiger partial charge in [0.25, 0.3) is 0 Å². The van der Waals surface area contributed by atoms with Gasteiger partial charge in [0.05, 0.1) is 17.9 Å². The van der Waals surface area contributed by atoms with Crippen LogP contribution in [0.15, 0.2) is 48.5 Å². The van der Waals surface area contributed by atoms with Crippen molar-refractivity contribution in [2.45, 2.75) is 18.8 Å². The number of morpholine rings is 1. The number of alkyl halides is 3. The molecule has 9 heteroatoms. The third kappa shape index (κ3) is 4.48. The Kier molecular flexibility index (Phi) is 5.64. The highest BCUT2D eigenvalue weighted by Crippen LogP contribution is 2.34. The number of nitrogens with one attached hydrogen (secondary N) is 1. The van der Waals surface area contributed by atoms with Crippen molar-refractivity contribution in [3.8, 4) is 0 Å². The molecule has 0 saturated carbocycles. The van der Waals surface area contributed by atoms with Gasteiger partial charge in [-0.05, 0) is 29.8 Å². The van der Waals surface area contributed by atoms with E-state index in [4.69, 9.17) is 4.74 Å². The predicted molar refractivity (Wildman–Crippen MR) is 91.6 cm³/mol. The highest BCUT2D eigenvalue weighted by molar-refractivity contribution is 5.98. The Morgan fingerprint density at radius 2 is 1.82 bits per heavy atom. The maximum atomic E-state index is 13.1. The summed E-state index contributed by atoms with van der Waals surface area (Å²) in [4.78, 5) is 26.1. The number of carbonyl (C=O) groups is 2. The molecule has 0 spiro atoms. The van der Waals surface area contributed by atoms with E-state index in [0.29, 0.717) is 5.56 Å². The van der Waals surface area contributed by atoms with E-state index >= 15 is 0 Å². The molecule has 1 aliphatic heterocycles. The predicted octanol–water partition coefficient (Wildman–Crippen LogP) is 3.21. The highest BCUT2D eigenvalue weighted by Gasteiger charge is 2.37. The van der Waals surface area contributed by atoms with E-state index in [1.54, 1.807) is 0 Å². The summed E-state index contributed by atoms with van der Waals surface area (Å²) in [5, 5.41) is 2.24. The second-order valence-corrected chi connectivity index (χ2v) is 6.21. The monoisotopic (exact) mass is 396 g/mol. The van der Waals surface area contributed by atoms with E-state index in [-0.39, 0.29) is 19.8 Å². The topological polar surface area (TPSA) is 58.6 Å². The number of nitrogens with zero attached hydrogens (tertiary/aromatic N) is 1. The molecular weight excluding hydrogens is 380 g/mol. The molecule has 2 amide bonds. The standard InChI is InChI=1S/C19H16F4N2O3/c20-13-7-5-12(6-8-13)9-25-16(10-28-11-17(25)26)18(27)24-15-4-2-1-3-14(15)19(21,22)23/h1-8,16H,9-11H2,(H,24,27)/t16-/m0/s1. The van der Waals surface area contributed by atoms with Gasteiger partial charge in [-0.15, -0.1) is 0 Å². The zero-order valence-corrected chi connectivity index (χ0v) is 14.5. The van der Waals surface area contributed by atoms with Crippen LogP contribution in [0, 0.1) is 5.82 Å². The molecule has 0 unspecified atom stereocenters. The fraction of sp³-hybridized carbons (Fsp3) is 0.263. The second-order valence-electron chi connectivity index (χ2n) is 6.21. The van der Waals surface area contributed by atoms with Gasteiger partial charge in [0, 0.05) is 6.54 Å². The summed E-state index contributed by atoms with van der Waals surface area (Å²) >= 11 is 0. The van der Waals surface area contributed by atoms with E-state index in [2.05, 4.69) is 5.32 Å². The maximum Gasteiger partial charge on any atom is 0.418 e. The molecule has 5 nitrogen and oxygen atoms in total. The van der Waals surface area contributed by atoms with Crippen LogP contribution in [0.3, 0.4) is 0 Å². The minimum atomic E-state index is -4.64. The molecule has 148 valence electrons. The number of anilines is 1. The Morgan fingerprint density at radius 3 is 2.50 bits per heavy atom. The molecule has 0 radical (unpaired) electrons. The number of benzene rings is 2. The van der Waals surface area contributed by atoms with Crippen LogP contribution in [0.25, 0.3) is 0 Å². The molecule has 2 aromatic carbocycles. The van der Waals surface area contributed by atoms with Crippen LogP contribution in [0.2, 0.25) is 0 Å². The number of amides is 2. The molecule has 2 aromatic rings. The summed E-state index contributed by atoms with van der Waals surface area (Å²) in [6, 6.07) is 8.82. The van der Waals surface area contributed by atoms with Gasteiger partial charge in [-0.2, -0.15) is 13.2 Å². The number of rotatable bonds is 4. The Morgan fingerprint density at radius 1 is 1.14 bits per heavy atom. The van der Waals surface area contributed by atoms with Crippen LogP contribution < -0.4 is 5.32 Å². The number of hydrogen-bond acceptors (Lipinski definition) is 3. The summed E-state index contributed by atoms with van der Waals surface area (Å²) in [6.45, 7) is -0.404. The molecule has 28 heavy (non-hydrogen) atoms. The van der Waals surface area contributed by atoms with Crippen LogP contribution in [-0.2, 0) is 27.0 Å². The smallest absolute Gasteiger partial charge is 0.369 e. The second kappa shape index (κ2) is 7.97. The van der Waals surface area contributed by atoms with Gasteiger partial charge in [0.15, 0.2) is 0 Å². The van der Waals surface area contributed by atoms with Gasteiger partial charge in [-0.1, -0.05) is 24.3 Å². The normalized spacial score (nSPS) is 17.5. The minimum absolute atomic E-state index is 0.00147. The maximum absolute atomic E-state index is 13.1.